The molecule has 0 radical (unpaired) electrons. The fraction of sp³-hybridized carbons (Fsp3) is 0.444. The Labute approximate surface area is 161 Å². The Morgan fingerprint density at radius 3 is 2.65 bits per heavy atom. The molecule has 0 atom stereocenters. The molecule has 0 spiro atoms. The third-order valence-corrected chi connectivity index (χ3v) is 3.65. The van der Waals surface area contributed by atoms with E-state index in [4.69, 9.17) is 14.2 Å². The summed E-state index contributed by atoms with van der Waals surface area (Å²) in [7, 11) is 1.61. The van der Waals surface area contributed by atoms with Gasteiger partial charge in [0.1, 0.15) is 33.7 Å². The summed E-state index contributed by atoms with van der Waals surface area (Å²) in [5.74, 6) is 1.35. The highest BCUT2D eigenvalue weighted by Gasteiger charge is 2.16. The molecule has 0 bridgehead atoms. The van der Waals surface area contributed by atoms with Crippen molar-refractivity contribution in [1.29, 1.82) is 0 Å². The van der Waals surface area contributed by atoms with Crippen LogP contribution >= 0.6 is 15.9 Å². The first-order valence-electron chi connectivity index (χ1n) is 8.26. The van der Waals surface area contributed by atoms with Gasteiger partial charge in [-0.3, -0.25) is 4.57 Å². The lowest BCUT2D eigenvalue weighted by molar-refractivity contribution is 0.0525. The summed E-state index contributed by atoms with van der Waals surface area (Å²) in [5, 5.41) is 2.71. The van der Waals surface area contributed by atoms with Crippen molar-refractivity contribution < 1.29 is 19.0 Å². The number of rotatable bonds is 7. The lowest BCUT2D eigenvalue weighted by Gasteiger charge is -2.19. The first kappa shape index (κ1) is 20.1. The summed E-state index contributed by atoms with van der Waals surface area (Å²) in [6, 6.07) is 5.59. The van der Waals surface area contributed by atoms with Crippen LogP contribution in [0.2, 0.25) is 0 Å². The lowest BCUT2D eigenvalue weighted by atomic mass is 10.2. The minimum Gasteiger partial charge on any atom is -0.494 e. The van der Waals surface area contributed by atoms with Crippen LogP contribution in [0.4, 0.5) is 4.79 Å². The van der Waals surface area contributed by atoms with Crippen molar-refractivity contribution in [1.82, 2.24) is 14.9 Å². The molecule has 1 aromatic carbocycles. The quantitative estimate of drug-likeness (QED) is 0.679. The first-order valence-corrected chi connectivity index (χ1v) is 9.06. The molecular formula is C18H24BrN3O4. The summed E-state index contributed by atoms with van der Waals surface area (Å²) in [4.78, 5) is 15.8. The number of aromatic nitrogens is 2. The fourth-order valence-corrected chi connectivity index (χ4v) is 2.53. The second kappa shape index (κ2) is 8.93. The smallest absolute Gasteiger partial charge is 0.407 e. The van der Waals surface area contributed by atoms with E-state index in [0.29, 0.717) is 31.1 Å². The third-order valence-electron chi connectivity index (χ3n) is 3.24. The number of imidazole rings is 1. The van der Waals surface area contributed by atoms with Crippen molar-refractivity contribution >= 4 is 22.0 Å². The van der Waals surface area contributed by atoms with Crippen molar-refractivity contribution in [3.8, 4) is 17.2 Å². The molecular weight excluding hydrogens is 402 g/mol. The number of nitrogens with zero attached hydrogens (tertiary/aromatic N) is 2. The van der Waals surface area contributed by atoms with Crippen LogP contribution in [-0.4, -0.2) is 41.5 Å². The topological polar surface area (TPSA) is 74.6 Å². The molecule has 0 unspecified atom stereocenters. The van der Waals surface area contributed by atoms with Gasteiger partial charge < -0.3 is 19.5 Å². The second-order valence-corrected chi connectivity index (χ2v) is 7.35. The molecule has 7 nitrogen and oxygen atoms in total. The van der Waals surface area contributed by atoms with Crippen LogP contribution in [0.25, 0.3) is 5.69 Å². The Bertz CT molecular complexity index is 740. The van der Waals surface area contributed by atoms with E-state index in [0.717, 1.165) is 10.3 Å². The van der Waals surface area contributed by atoms with Gasteiger partial charge in [-0.25, -0.2) is 9.78 Å². The molecule has 2 aromatic rings. The van der Waals surface area contributed by atoms with Gasteiger partial charge in [0.05, 0.1) is 13.7 Å². The van der Waals surface area contributed by atoms with Crippen molar-refractivity contribution in [3.05, 3.63) is 35.3 Å². The highest BCUT2D eigenvalue weighted by Crippen LogP contribution is 2.33. The Kier molecular flexibility index (Phi) is 6.90. The molecule has 26 heavy (non-hydrogen) atoms. The third kappa shape index (κ3) is 5.94. The van der Waals surface area contributed by atoms with Gasteiger partial charge in [-0.2, -0.15) is 0 Å². The van der Waals surface area contributed by atoms with Crippen LogP contribution in [0.1, 0.15) is 27.2 Å². The molecule has 0 saturated heterocycles. The van der Waals surface area contributed by atoms with E-state index in [1.807, 2.05) is 49.7 Å². The predicted octanol–water partition coefficient (Wildman–Crippen LogP) is 3.94. The van der Waals surface area contributed by atoms with E-state index in [1.165, 1.54) is 0 Å². The molecule has 1 heterocycles. The molecule has 0 fully saturated rings. The molecule has 142 valence electrons. The Morgan fingerprint density at radius 1 is 1.31 bits per heavy atom. The van der Waals surface area contributed by atoms with Gasteiger partial charge in [-0.1, -0.05) is 6.07 Å². The van der Waals surface area contributed by atoms with Gasteiger partial charge in [-0.05, 0) is 55.3 Å². The number of ether oxygens (including phenoxy) is 3. The summed E-state index contributed by atoms with van der Waals surface area (Å²) in [6.07, 6.45) is 3.72. The largest absolute Gasteiger partial charge is 0.494 e. The molecule has 2 rings (SSSR count). The number of hydrogen-bond donors (Lipinski definition) is 1. The summed E-state index contributed by atoms with van der Waals surface area (Å²) in [5.41, 5.74) is 0.267. The average molecular weight is 426 g/mol. The van der Waals surface area contributed by atoms with Gasteiger partial charge >= 0.3 is 6.09 Å². The monoisotopic (exact) mass is 425 g/mol. The fourth-order valence-electron chi connectivity index (χ4n) is 2.22. The molecule has 0 aliphatic rings. The number of carbonyl (C=O) groups excluding carboxylic acids is 1. The number of methoxy groups -OCH3 is 1. The maximum atomic E-state index is 11.6. The van der Waals surface area contributed by atoms with Gasteiger partial charge in [0.2, 0.25) is 0 Å². The van der Waals surface area contributed by atoms with Crippen LogP contribution in [0.5, 0.6) is 11.5 Å². The minimum absolute atomic E-state index is 0.428. The number of hydrogen-bond acceptors (Lipinski definition) is 5. The zero-order chi connectivity index (χ0) is 19.2. The van der Waals surface area contributed by atoms with Crippen LogP contribution in [-0.2, 0) is 4.74 Å². The van der Waals surface area contributed by atoms with E-state index in [2.05, 4.69) is 26.2 Å². The number of halogens is 1. The van der Waals surface area contributed by atoms with E-state index in [-0.39, 0.29) is 0 Å². The summed E-state index contributed by atoms with van der Waals surface area (Å²) >= 11 is 3.34. The lowest BCUT2D eigenvalue weighted by Crippen LogP contribution is -2.33. The molecule has 0 saturated carbocycles. The maximum Gasteiger partial charge on any atom is 0.407 e. The van der Waals surface area contributed by atoms with Gasteiger partial charge in [0.25, 0.3) is 0 Å². The highest BCUT2D eigenvalue weighted by molar-refractivity contribution is 9.10. The van der Waals surface area contributed by atoms with E-state index in [9.17, 15) is 4.79 Å². The number of para-hydroxylation sites is 1. The average Bonchev–Trinajstić information content (AvgIpc) is 2.98. The van der Waals surface area contributed by atoms with Crippen LogP contribution < -0.4 is 14.8 Å². The first-order chi connectivity index (χ1) is 12.3. The van der Waals surface area contributed by atoms with Crippen molar-refractivity contribution in [3.63, 3.8) is 0 Å². The number of benzene rings is 1. The van der Waals surface area contributed by atoms with E-state index < -0.39 is 11.7 Å². The van der Waals surface area contributed by atoms with Crippen LogP contribution in [0.3, 0.4) is 0 Å². The van der Waals surface area contributed by atoms with Gasteiger partial charge in [0.15, 0.2) is 0 Å². The molecule has 8 heteroatoms. The summed E-state index contributed by atoms with van der Waals surface area (Å²) in [6.45, 7) is 6.38. The van der Waals surface area contributed by atoms with Crippen molar-refractivity contribution in [2.75, 3.05) is 20.3 Å². The zero-order valence-corrected chi connectivity index (χ0v) is 17.0. The standard InChI is InChI=1S/C18H24BrN3O4/c1-18(2,3)26-17(23)20-9-6-10-25-14-8-5-7-13(24-4)16(14)22-11-15(19)21-12-22/h5,7-8,11-12H,6,9-10H2,1-4H3,(H,20,23). The number of carbonyl (C=O) groups is 1. The van der Waals surface area contributed by atoms with Gasteiger partial charge in [0, 0.05) is 12.7 Å². The van der Waals surface area contributed by atoms with E-state index >= 15 is 0 Å². The number of amides is 1. The van der Waals surface area contributed by atoms with Crippen molar-refractivity contribution in [2.45, 2.75) is 32.8 Å². The molecule has 1 aromatic heterocycles. The Balaban J connectivity index is 1.93. The number of alkyl carbamates (subject to hydrolysis) is 1. The zero-order valence-electron chi connectivity index (χ0n) is 15.4. The van der Waals surface area contributed by atoms with Crippen LogP contribution in [0, 0.1) is 0 Å². The molecule has 0 aliphatic heterocycles. The summed E-state index contributed by atoms with van der Waals surface area (Å²) < 4.78 is 19.1. The van der Waals surface area contributed by atoms with Crippen molar-refractivity contribution in [2.24, 2.45) is 0 Å². The second-order valence-electron chi connectivity index (χ2n) is 6.54. The highest BCUT2D eigenvalue weighted by atomic mass is 79.9. The maximum absolute atomic E-state index is 11.6. The Hall–Kier alpha value is -2.22. The molecule has 1 N–H and O–H groups in total. The normalized spacial score (nSPS) is 11.1. The van der Waals surface area contributed by atoms with Crippen LogP contribution in [0.15, 0.2) is 35.3 Å². The molecule has 0 aliphatic carbocycles. The van der Waals surface area contributed by atoms with Gasteiger partial charge in [-0.15, -0.1) is 0 Å². The Morgan fingerprint density at radius 2 is 2.04 bits per heavy atom. The molecule has 1 amide bonds. The SMILES string of the molecule is COc1cccc(OCCCNC(=O)OC(C)(C)C)c1-n1cnc(Br)c1. The van der Waals surface area contributed by atoms with E-state index in [1.54, 1.807) is 13.4 Å². The number of nitrogens with one attached hydrogen (secondary N) is 1. The predicted molar refractivity (Wildman–Crippen MR) is 102 cm³/mol. The minimum atomic E-state index is -0.505.